The van der Waals surface area contributed by atoms with Gasteiger partial charge in [0.2, 0.25) is 0 Å². The Morgan fingerprint density at radius 2 is 1.81 bits per heavy atom. The molecule has 0 saturated heterocycles. The molecule has 6 nitrogen and oxygen atoms in total. The smallest absolute Gasteiger partial charge is 0.253 e. The van der Waals surface area contributed by atoms with Gasteiger partial charge in [-0.3, -0.25) is 14.9 Å². The minimum Gasteiger partial charge on any atom is -0.355 e. The number of aromatic amines is 1. The summed E-state index contributed by atoms with van der Waals surface area (Å²) in [6.45, 7) is 6.20. The van der Waals surface area contributed by atoms with Crippen LogP contribution in [0.2, 0.25) is 0 Å². The molecule has 0 spiro atoms. The van der Waals surface area contributed by atoms with Gasteiger partial charge in [-0.1, -0.05) is 32.0 Å². The average Bonchev–Trinajstić information content (AvgIpc) is 3.20. The van der Waals surface area contributed by atoms with E-state index in [4.69, 9.17) is 0 Å². The Labute approximate surface area is 187 Å². The van der Waals surface area contributed by atoms with Crippen LogP contribution in [0, 0.1) is 5.92 Å². The van der Waals surface area contributed by atoms with Crippen LogP contribution in [0.3, 0.4) is 0 Å². The molecule has 1 amide bonds. The molecular formula is C26H27N5O. The molecule has 4 rings (SSSR count). The molecule has 0 aliphatic rings. The Balaban J connectivity index is 1.55. The number of nitrogens with zero attached hydrogens (tertiary/aromatic N) is 2. The number of anilines is 2. The molecule has 2 aromatic carbocycles. The highest BCUT2D eigenvalue weighted by Crippen LogP contribution is 2.26. The molecule has 6 heteroatoms. The van der Waals surface area contributed by atoms with E-state index in [9.17, 15) is 4.79 Å². The lowest BCUT2D eigenvalue weighted by Crippen LogP contribution is -2.36. The predicted octanol–water partition coefficient (Wildman–Crippen LogP) is 5.65. The fraction of sp³-hybridized carbons (Fsp3) is 0.192. The van der Waals surface area contributed by atoms with E-state index < -0.39 is 0 Å². The Hall–Kier alpha value is -3.93. The van der Waals surface area contributed by atoms with Gasteiger partial charge in [0.25, 0.3) is 5.91 Å². The van der Waals surface area contributed by atoms with Crippen LogP contribution in [-0.2, 0) is 0 Å². The molecule has 0 aliphatic heterocycles. The van der Waals surface area contributed by atoms with Crippen LogP contribution < -0.4 is 10.6 Å². The van der Waals surface area contributed by atoms with Gasteiger partial charge in [0.15, 0.2) is 0 Å². The number of para-hydroxylation sites is 1. The summed E-state index contributed by atoms with van der Waals surface area (Å²) in [6.07, 6.45) is 5.65. The molecule has 0 saturated carbocycles. The number of carbonyl (C=O) groups excluding carboxylic acids is 1. The zero-order valence-corrected chi connectivity index (χ0v) is 18.5. The molecular weight excluding hydrogens is 398 g/mol. The first kappa shape index (κ1) is 21.3. The monoisotopic (exact) mass is 425 g/mol. The second-order valence-electron chi connectivity index (χ2n) is 8.13. The van der Waals surface area contributed by atoms with Crippen molar-refractivity contribution in [2.45, 2.75) is 26.8 Å². The number of hydrogen-bond acceptors (Lipinski definition) is 4. The topological polar surface area (TPSA) is 82.7 Å². The number of hydrogen-bond donors (Lipinski definition) is 3. The molecule has 2 aromatic heterocycles. The first-order valence-corrected chi connectivity index (χ1v) is 10.8. The summed E-state index contributed by atoms with van der Waals surface area (Å²) in [5.41, 5.74) is 4.88. The van der Waals surface area contributed by atoms with E-state index in [1.807, 2.05) is 79.7 Å². The lowest BCUT2D eigenvalue weighted by Gasteiger charge is -2.19. The summed E-state index contributed by atoms with van der Waals surface area (Å²) in [4.78, 5) is 17.1. The standard InChI is InChI=1S/C26H27N5O/c1-17(2)18(3)28-26(32)22-9-4-5-10-23(22)29-20-11-13-21-24(30-31-25(21)16-20)14-12-19-8-6-7-15-27-19/h4-18,29H,1-3H3,(H,28,32)(H,30,31)/b14-12+. The summed E-state index contributed by atoms with van der Waals surface area (Å²) in [7, 11) is 0. The normalized spacial score (nSPS) is 12.4. The minimum atomic E-state index is -0.0844. The first-order chi connectivity index (χ1) is 15.5. The number of fused-ring (bicyclic) bond motifs is 1. The Morgan fingerprint density at radius 3 is 2.59 bits per heavy atom. The van der Waals surface area contributed by atoms with Crippen LogP contribution in [0.1, 0.15) is 42.5 Å². The summed E-state index contributed by atoms with van der Waals surface area (Å²) >= 11 is 0. The molecule has 0 fully saturated rings. The van der Waals surface area contributed by atoms with Gasteiger partial charge in [0.1, 0.15) is 0 Å². The average molecular weight is 426 g/mol. The van der Waals surface area contributed by atoms with Crippen molar-refractivity contribution in [2.24, 2.45) is 5.92 Å². The summed E-state index contributed by atoms with van der Waals surface area (Å²) in [5.74, 6) is 0.279. The van der Waals surface area contributed by atoms with E-state index in [-0.39, 0.29) is 11.9 Å². The van der Waals surface area contributed by atoms with E-state index in [1.165, 1.54) is 0 Å². The fourth-order valence-electron chi connectivity index (χ4n) is 3.28. The van der Waals surface area contributed by atoms with Gasteiger partial charge in [-0.05, 0) is 67.5 Å². The van der Waals surface area contributed by atoms with Gasteiger partial charge >= 0.3 is 0 Å². The van der Waals surface area contributed by atoms with Crippen LogP contribution in [-0.4, -0.2) is 27.1 Å². The third kappa shape index (κ3) is 4.86. The maximum Gasteiger partial charge on any atom is 0.253 e. The van der Waals surface area contributed by atoms with Crippen LogP contribution in [0.4, 0.5) is 11.4 Å². The molecule has 0 radical (unpaired) electrons. The van der Waals surface area contributed by atoms with E-state index in [2.05, 4.69) is 39.7 Å². The second-order valence-corrected chi connectivity index (χ2v) is 8.13. The number of carbonyl (C=O) groups is 1. The largest absolute Gasteiger partial charge is 0.355 e. The summed E-state index contributed by atoms with van der Waals surface area (Å²) in [6, 6.07) is 19.4. The maximum atomic E-state index is 12.8. The molecule has 1 atom stereocenters. The van der Waals surface area contributed by atoms with Gasteiger partial charge < -0.3 is 10.6 Å². The van der Waals surface area contributed by atoms with Crippen molar-refractivity contribution in [1.82, 2.24) is 20.5 Å². The predicted molar refractivity (Wildman–Crippen MR) is 131 cm³/mol. The highest BCUT2D eigenvalue weighted by molar-refractivity contribution is 6.01. The zero-order valence-electron chi connectivity index (χ0n) is 18.5. The van der Waals surface area contributed by atoms with Gasteiger partial charge in [-0.15, -0.1) is 0 Å². The van der Waals surface area contributed by atoms with Crippen molar-refractivity contribution in [3.8, 4) is 0 Å². The third-order valence-electron chi connectivity index (χ3n) is 5.50. The number of H-pyrrole nitrogens is 1. The van der Waals surface area contributed by atoms with Crippen LogP contribution >= 0.6 is 0 Å². The Bertz CT molecular complexity index is 1240. The number of amides is 1. The Morgan fingerprint density at radius 1 is 1.00 bits per heavy atom. The molecule has 162 valence electrons. The molecule has 32 heavy (non-hydrogen) atoms. The van der Waals surface area contributed by atoms with Crippen molar-refractivity contribution in [3.63, 3.8) is 0 Å². The fourth-order valence-corrected chi connectivity index (χ4v) is 3.28. The first-order valence-electron chi connectivity index (χ1n) is 10.8. The van der Waals surface area contributed by atoms with Gasteiger partial charge in [-0.25, -0.2) is 0 Å². The quantitative estimate of drug-likeness (QED) is 0.357. The number of aromatic nitrogens is 3. The maximum absolute atomic E-state index is 12.8. The summed E-state index contributed by atoms with van der Waals surface area (Å²) in [5, 5.41) is 15.0. The zero-order chi connectivity index (χ0) is 22.5. The van der Waals surface area contributed by atoms with E-state index in [0.717, 1.165) is 33.7 Å². The molecule has 3 N–H and O–H groups in total. The number of pyridine rings is 1. The Kier molecular flexibility index (Phi) is 6.31. The molecule has 4 aromatic rings. The van der Waals surface area contributed by atoms with Crippen LogP contribution in [0.25, 0.3) is 23.1 Å². The van der Waals surface area contributed by atoms with Crippen molar-refractivity contribution in [1.29, 1.82) is 0 Å². The lowest BCUT2D eigenvalue weighted by molar-refractivity contribution is 0.0931. The number of rotatable bonds is 7. The molecule has 2 heterocycles. The summed E-state index contributed by atoms with van der Waals surface area (Å²) < 4.78 is 0. The van der Waals surface area contributed by atoms with E-state index >= 15 is 0 Å². The third-order valence-corrected chi connectivity index (χ3v) is 5.50. The van der Waals surface area contributed by atoms with Gasteiger partial charge in [0.05, 0.1) is 28.2 Å². The van der Waals surface area contributed by atoms with Crippen molar-refractivity contribution in [2.75, 3.05) is 5.32 Å². The lowest BCUT2D eigenvalue weighted by atomic mass is 10.1. The number of nitrogens with one attached hydrogen (secondary N) is 3. The van der Waals surface area contributed by atoms with Gasteiger partial charge in [0, 0.05) is 23.3 Å². The van der Waals surface area contributed by atoms with Crippen molar-refractivity contribution < 1.29 is 4.79 Å². The van der Waals surface area contributed by atoms with Gasteiger partial charge in [-0.2, -0.15) is 5.10 Å². The number of benzene rings is 2. The second kappa shape index (κ2) is 9.47. The van der Waals surface area contributed by atoms with Crippen molar-refractivity contribution >= 4 is 40.3 Å². The van der Waals surface area contributed by atoms with E-state index in [1.54, 1.807) is 6.20 Å². The highest BCUT2D eigenvalue weighted by Gasteiger charge is 2.16. The highest BCUT2D eigenvalue weighted by atomic mass is 16.1. The van der Waals surface area contributed by atoms with E-state index in [0.29, 0.717) is 11.5 Å². The SMILES string of the molecule is CC(C)C(C)NC(=O)c1ccccc1Nc1ccc2c(/C=C/c3ccccn3)n[nH]c2c1. The molecule has 0 bridgehead atoms. The van der Waals surface area contributed by atoms with Crippen LogP contribution in [0.15, 0.2) is 66.9 Å². The van der Waals surface area contributed by atoms with Crippen molar-refractivity contribution in [3.05, 3.63) is 83.8 Å². The van der Waals surface area contributed by atoms with Crippen LogP contribution in [0.5, 0.6) is 0 Å². The molecule has 1 unspecified atom stereocenters. The minimum absolute atomic E-state index is 0.0844. The molecule has 0 aliphatic carbocycles.